The van der Waals surface area contributed by atoms with E-state index in [0.717, 1.165) is 58.0 Å². The van der Waals surface area contributed by atoms with Gasteiger partial charge in [0.05, 0.1) is 39.8 Å². The molecule has 0 saturated heterocycles. The fraction of sp³-hybridized carbons (Fsp3) is 0.286. The van der Waals surface area contributed by atoms with E-state index >= 15 is 0 Å². The first-order valence-corrected chi connectivity index (χ1v) is 8.75. The second-order valence-electron chi connectivity index (χ2n) is 6.32. The van der Waals surface area contributed by atoms with Gasteiger partial charge in [-0.05, 0) is 48.7 Å². The molecule has 0 aliphatic heterocycles. The third-order valence-electron chi connectivity index (χ3n) is 5.03. The molecule has 2 aromatic carbocycles. The predicted octanol–water partition coefficient (Wildman–Crippen LogP) is 3.88. The topological polar surface area (TPSA) is 65.6 Å². The first-order valence-electron chi connectivity index (χ1n) is 8.75. The van der Waals surface area contributed by atoms with E-state index in [2.05, 4.69) is 10.2 Å². The van der Waals surface area contributed by atoms with Crippen LogP contribution in [0.5, 0.6) is 23.0 Å². The van der Waals surface area contributed by atoms with Crippen molar-refractivity contribution >= 4 is 0 Å². The number of ether oxygens (including phenoxy) is 4. The number of benzene rings is 2. The SMILES string of the molecule is COc1ccc(-c2[nH]nc3c2-c2cc(OC)c(OC)c(OC)c2CC3)cc1. The summed E-state index contributed by atoms with van der Waals surface area (Å²) < 4.78 is 22.1. The first kappa shape index (κ1) is 17.3. The molecule has 0 spiro atoms. The lowest BCUT2D eigenvalue weighted by Crippen LogP contribution is -2.08. The average Bonchev–Trinajstić information content (AvgIpc) is 3.16. The number of aromatic amines is 1. The molecule has 140 valence electrons. The predicted molar refractivity (Wildman–Crippen MR) is 103 cm³/mol. The van der Waals surface area contributed by atoms with E-state index in [9.17, 15) is 0 Å². The molecule has 1 aliphatic rings. The third kappa shape index (κ3) is 2.68. The van der Waals surface area contributed by atoms with E-state index in [-0.39, 0.29) is 0 Å². The number of methoxy groups -OCH3 is 4. The van der Waals surface area contributed by atoms with Crippen molar-refractivity contribution in [1.29, 1.82) is 0 Å². The van der Waals surface area contributed by atoms with Gasteiger partial charge in [0.1, 0.15) is 5.75 Å². The lowest BCUT2D eigenvalue weighted by atomic mass is 9.86. The zero-order chi connectivity index (χ0) is 19.0. The Kier molecular flexibility index (Phi) is 4.39. The van der Waals surface area contributed by atoms with Crippen LogP contribution in [0.2, 0.25) is 0 Å². The summed E-state index contributed by atoms with van der Waals surface area (Å²) in [6, 6.07) is 9.96. The molecule has 1 aliphatic carbocycles. The molecule has 0 bridgehead atoms. The van der Waals surface area contributed by atoms with Crippen LogP contribution in [0.25, 0.3) is 22.4 Å². The van der Waals surface area contributed by atoms with Gasteiger partial charge in [0.15, 0.2) is 11.5 Å². The quantitative estimate of drug-likeness (QED) is 0.742. The van der Waals surface area contributed by atoms with Gasteiger partial charge in [-0.2, -0.15) is 5.10 Å². The Bertz CT molecular complexity index is 977. The fourth-order valence-electron chi connectivity index (χ4n) is 3.75. The van der Waals surface area contributed by atoms with Crippen molar-refractivity contribution in [3.8, 4) is 45.4 Å². The van der Waals surface area contributed by atoms with Crippen molar-refractivity contribution in [3.05, 3.63) is 41.6 Å². The number of aryl methyl sites for hydroxylation is 1. The van der Waals surface area contributed by atoms with Crippen LogP contribution in [0.4, 0.5) is 0 Å². The standard InChI is InChI=1S/C21H22N2O4/c1-24-13-7-5-12(6-8-13)19-18-15-11-17(25-2)21(27-4)20(26-3)14(15)9-10-16(18)22-23-19/h5-8,11H,9-10H2,1-4H3,(H,22,23). The highest BCUT2D eigenvalue weighted by Crippen LogP contribution is 2.50. The molecule has 4 rings (SSSR count). The molecule has 0 atom stereocenters. The van der Waals surface area contributed by atoms with Crippen LogP contribution >= 0.6 is 0 Å². The van der Waals surface area contributed by atoms with Crippen LogP contribution in [0.3, 0.4) is 0 Å². The molecule has 1 heterocycles. The van der Waals surface area contributed by atoms with Crippen LogP contribution in [-0.2, 0) is 12.8 Å². The highest BCUT2D eigenvalue weighted by Gasteiger charge is 2.29. The first-order chi connectivity index (χ1) is 13.2. The Morgan fingerprint density at radius 1 is 0.852 bits per heavy atom. The summed E-state index contributed by atoms with van der Waals surface area (Å²) in [5.41, 5.74) is 6.32. The largest absolute Gasteiger partial charge is 0.497 e. The molecule has 6 heteroatoms. The average molecular weight is 366 g/mol. The summed E-state index contributed by atoms with van der Waals surface area (Å²) in [6.07, 6.45) is 1.67. The second kappa shape index (κ2) is 6.87. The van der Waals surface area contributed by atoms with Crippen molar-refractivity contribution in [1.82, 2.24) is 10.2 Å². The van der Waals surface area contributed by atoms with Gasteiger partial charge in [-0.1, -0.05) is 0 Å². The Labute approximate surface area is 158 Å². The van der Waals surface area contributed by atoms with Crippen LogP contribution in [-0.4, -0.2) is 38.6 Å². The van der Waals surface area contributed by atoms with Crippen LogP contribution in [0.15, 0.2) is 30.3 Å². The number of nitrogens with zero attached hydrogens (tertiary/aromatic N) is 1. The highest BCUT2D eigenvalue weighted by molar-refractivity contribution is 5.88. The summed E-state index contributed by atoms with van der Waals surface area (Å²) in [7, 11) is 6.58. The number of fused-ring (bicyclic) bond motifs is 3. The monoisotopic (exact) mass is 366 g/mol. The molecular weight excluding hydrogens is 344 g/mol. The fourth-order valence-corrected chi connectivity index (χ4v) is 3.75. The molecule has 0 radical (unpaired) electrons. The van der Waals surface area contributed by atoms with E-state index in [0.29, 0.717) is 11.5 Å². The number of nitrogens with one attached hydrogen (secondary N) is 1. The number of hydrogen-bond acceptors (Lipinski definition) is 5. The van der Waals surface area contributed by atoms with Gasteiger partial charge < -0.3 is 18.9 Å². The normalized spacial score (nSPS) is 12.1. The molecule has 0 saturated carbocycles. The lowest BCUT2D eigenvalue weighted by molar-refractivity contribution is 0.322. The van der Waals surface area contributed by atoms with E-state index in [1.807, 2.05) is 30.3 Å². The maximum atomic E-state index is 5.69. The van der Waals surface area contributed by atoms with Crippen molar-refractivity contribution in [3.63, 3.8) is 0 Å². The smallest absolute Gasteiger partial charge is 0.203 e. The molecule has 0 amide bonds. The minimum Gasteiger partial charge on any atom is -0.497 e. The Hall–Kier alpha value is -3.15. The molecule has 1 aromatic heterocycles. The maximum absolute atomic E-state index is 5.69. The Morgan fingerprint density at radius 2 is 1.59 bits per heavy atom. The molecule has 0 fully saturated rings. The van der Waals surface area contributed by atoms with Gasteiger partial charge in [0.25, 0.3) is 0 Å². The van der Waals surface area contributed by atoms with Crippen LogP contribution in [0.1, 0.15) is 11.3 Å². The van der Waals surface area contributed by atoms with E-state index in [1.165, 1.54) is 0 Å². The van der Waals surface area contributed by atoms with Gasteiger partial charge in [0.2, 0.25) is 5.75 Å². The van der Waals surface area contributed by atoms with Gasteiger partial charge in [-0.15, -0.1) is 0 Å². The summed E-state index contributed by atoms with van der Waals surface area (Å²) in [5, 5.41) is 7.77. The maximum Gasteiger partial charge on any atom is 0.203 e. The van der Waals surface area contributed by atoms with Gasteiger partial charge in [-0.3, -0.25) is 5.10 Å². The molecule has 3 aromatic rings. The van der Waals surface area contributed by atoms with Crippen molar-refractivity contribution < 1.29 is 18.9 Å². The molecular formula is C21H22N2O4. The van der Waals surface area contributed by atoms with Gasteiger partial charge in [-0.25, -0.2) is 0 Å². The van der Waals surface area contributed by atoms with Crippen LogP contribution in [0, 0.1) is 0 Å². The Balaban J connectivity index is 1.93. The molecule has 6 nitrogen and oxygen atoms in total. The summed E-state index contributed by atoms with van der Waals surface area (Å²) >= 11 is 0. The zero-order valence-corrected chi connectivity index (χ0v) is 15.9. The van der Waals surface area contributed by atoms with E-state index in [4.69, 9.17) is 18.9 Å². The minimum absolute atomic E-state index is 0.622. The lowest BCUT2D eigenvalue weighted by Gasteiger charge is -2.23. The highest BCUT2D eigenvalue weighted by atomic mass is 16.5. The summed E-state index contributed by atoms with van der Waals surface area (Å²) in [6.45, 7) is 0. The van der Waals surface area contributed by atoms with Crippen molar-refractivity contribution in [2.24, 2.45) is 0 Å². The van der Waals surface area contributed by atoms with Gasteiger partial charge in [0, 0.05) is 16.7 Å². The summed E-state index contributed by atoms with van der Waals surface area (Å²) in [4.78, 5) is 0. The number of rotatable bonds is 5. The molecule has 0 unspecified atom stereocenters. The van der Waals surface area contributed by atoms with Crippen molar-refractivity contribution in [2.75, 3.05) is 28.4 Å². The minimum atomic E-state index is 0.622. The summed E-state index contributed by atoms with van der Waals surface area (Å²) in [5.74, 6) is 2.81. The third-order valence-corrected chi connectivity index (χ3v) is 5.03. The molecule has 1 N–H and O–H groups in total. The van der Waals surface area contributed by atoms with Crippen LogP contribution < -0.4 is 18.9 Å². The second-order valence-corrected chi connectivity index (χ2v) is 6.32. The zero-order valence-electron chi connectivity index (χ0n) is 15.9. The van der Waals surface area contributed by atoms with E-state index in [1.54, 1.807) is 28.4 Å². The van der Waals surface area contributed by atoms with Crippen molar-refractivity contribution in [2.45, 2.75) is 12.8 Å². The molecule has 27 heavy (non-hydrogen) atoms. The number of hydrogen-bond donors (Lipinski definition) is 1. The Morgan fingerprint density at radius 3 is 2.22 bits per heavy atom. The number of aromatic nitrogens is 2. The van der Waals surface area contributed by atoms with Gasteiger partial charge >= 0.3 is 0 Å². The number of H-pyrrole nitrogens is 1. The van der Waals surface area contributed by atoms with E-state index < -0.39 is 0 Å².